The van der Waals surface area contributed by atoms with E-state index in [0.29, 0.717) is 30.6 Å². The Bertz CT molecular complexity index is 1410. The number of amides is 1. The maximum absolute atomic E-state index is 12.0. The van der Waals surface area contributed by atoms with Crippen molar-refractivity contribution in [1.29, 1.82) is 0 Å². The highest BCUT2D eigenvalue weighted by atomic mass is 32.2. The zero-order valence-corrected chi connectivity index (χ0v) is 18.1. The molecule has 0 saturated carbocycles. The standard InChI is InChI=1S/C20H12N6O5S2/c27-19(13-5-7-21-8-6-13)24-22-11-12-1-4-17(16(9-12)26(30)31)32-20-23-15-3-2-14(25(28)29)10-18(15)33-20/h1-11H,(H,24,27)/b22-11-. The molecular formula is C20H12N6O5S2. The molecule has 0 aliphatic rings. The number of hydrazone groups is 1. The van der Waals surface area contributed by atoms with Crippen LogP contribution in [0.2, 0.25) is 0 Å². The van der Waals surface area contributed by atoms with E-state index in [0.717, 1.165) is 11.8 Å². The number of hydrogen-bond acceptors (Lipinski definition) is 10. The van der Waals surface area contributed by atoms with Crippen LogP contribution in [0.1, 0.15) is 15.9 Å². The fourth-order valence-corrected chi connectivity index (χ4v) is 4.86. The minimum absolute atomic E-state index is 0.0478. The number of pyridine rings is 1. The zero-order valence-electron chi connectivity index (χ0n) is 16.4. The molecule has 0 aliphatic heterocycles. The second-order valence-corrected chi connectivity index (χ2v) is 8.73. The Kier molecular flexibility index (Phi) is 6.33. The first-order valence-corrected chi connectivity index (χ1v) is 10.8. The quantitative estimate of drug-likeness (QED) is 0.232. The minimum atomic E-state index is -0.520. The minimum Gasteiger partial charge on any atom is -0.267 e. The number of nitrogens with zero attached hydrogens (tertiary/aromatic N) is 5. The number of thiazole rings is 1. The topological polar surface area (TPSA) is 154 Å². The number of nitrogens with one attached hydrogen (secondary N) is 1. The van der Waals surface area contributed by atoms with Crippen molar-refractivity contribution >= 4 is 56.8 Å². The van der Waals surface area contributed by atoms with Gasteiger partial charge < -0.3 is 0 Å². The molecule has 1 amide bonds. The molecule has 0 spiro atoms. The Morgan fingerprint density at radius 1 is 1.06 bits per heavy atom. The molecule has 0 saturated heterocycles. The molecule has 0 bridgehead atoms. The number of hydrogen-bond donors (Lipinski definition) is 1. The van der Waals surface area contributed by atoms with Gasteiger partial charge in [-0.25, -0.2) is 10.4 Å². The molecule has 0 unspecified atom stereocenters. The van der Waals surface area contributed by atoms with Gasteiger partial charge in [0.1, 0.15) is 0 Å². The van der Waals surface area contributed by atoms with E-state index in [1.54, 1.807) is 18.2 Å². The van der Waals surface area contributed by atoms with E-state index in [4.69, 9.17) is 0 Å². The van der Waals surface area contributed by atoms with Crippen molar-refractivity contribution in [3.8, 4) is 0 Å². The summed E-state index contributed by atoms with van der Waals surface area (Å²) in [5.41, 5.74) is 3.51. The lowest BCUT2D eigenvalue weighted by Gasteiger charge is -2.02. The average Bonchev–Trinajstić information content (AvgIpc) is 3.21. The maximum atomic E-state index is 12.0. The lowest BCUT2D eigenvalue weighted by atomic mass is 10.2. The normalized spacial score (nSPS) is 11.0. The van der Waals surface area contributed by atoms with Crippen molar-refractivity contribution in [2.24, 2.45) is 5.10 Å². The van der Waals surface area contributed by atoms with Crippen molar-refractivity contribution in [3.63, 3.8) is 0 Å². The Morgan fingerprint density at radius 3 is 2.58 bits per heavy atom. The summed E-state index contributed by atoms with van der Waals surface area (Å²) in [6.45, 7) is 0. The third kappa shape index (κ3) is 5.16. The molecule has 0 aliphatic carbocycles. The smallest absolute Gasteiger partial charge is 0.267 e. The Hall–Kier alpha value is -4.23. The predicted molar refractivity (Wildman–Crippen MR) is 123 cm³/mol. The number of non-ortho nitro benzene ring substituents is 1. The second-order valence-electron chi connectivity index (χ2n) is 6.41. The third-order valence-corrected chi connectivity index (χ3v) is 6.41. The van der Waals surface area contributed by atoms with Gasteiger partial charge in [-0.2, -0.15) is 5.10 Å². The van der Waals surface area contributed by atoms with Crippen LogP contribution in [0.3, 0.4) is 0 Å². The van der Waals surface area contributed by atoms with Gasteiger partial charge in [0.2, 0.25) is 0 Å². The van der Waals surface area contributed by atoms with Gasteiger partial charge in [0, 0.05) is 41.7 Å². The summed E-state index contributed by atoms with van der Waals surface area (Å²) in [6.07, 6.45) is 4.26. The van der Waals surface area contributed by atoms with Crippen LogP contribution in [0, 0.1) is 20.2 Å². The van der Waals surface area contributed by atoms with Crippen LogP contribution in [0.4, 0.5) is 11.4 Å². The van der Waals surface area contributed by atoms with Crippen LogP contribution in [0.15, 0.2) is 75.3 Å². The van der Waals surface area contributed by atoms with Crippen LogP contribution < -0.4 is 5.43 Å². The van der Waals surface area contributed by atoms with Gasteiger partial charge in [0.05, 0.1) is 31.2 Å². The van der Waals surface area contributed by atoms with E-state index < -0.39 is 15.8 Å². The van der Waals surface area contributed by atoms with E-state index in [2.05, 4.69) is 20.5 Å². The Morgan fingerprint density at radius 2 is 1.85 bits per heavy atom. The molecule has 13 heteroatoms. The number of benzene rings is 2. The first-order valence-electron chi connectivity index (χ1n) is 9.15. The van der Waals surface area contributed by atoms with Crippen molar-refractivity contribution < 1.29 is 14.6 Å². The number of rotatable bonds is 7. The summed E-state index contributed by atoms with van der Waals surface area (Å²) in [6, 6.07) is 11.9. The molecular weight excluding hydrogens is 468 g/mol. The molecule has 2 heterocycles. The average molecular weight is 480 g/mol. The molecule has 0 radical (unpaired) electrons. The molecule has 2 aromatic carbocycles. The third-order valence-electron chi connectivity index (χ3n) is 4.26. The summed E-state index contributed by atoms with van der Waals surface area (Å²) in [5.74, 6) is -0.439. The number of aromatic nitrogens is 2. The summed E-state index contributed by atoms with van der Waals surface area (Å²) in [4.78, 5) is 42.1. The summed E-state index contributed by atoms with van der Waals surface area (Å²) < 4.78 is 1.13. The fraction of sp³-hybridized carbons (Fsp3) is 0. The molecule has 4 rings (SSSR count). The van der Waals surface area contributed by atoms with Crippen LogP contribution in [-0.4, -0.2) is 31.9 Å². The van der Waals surface area contributed by atoms with E-state index in [1.807, 2.05) is 0 Å². The molecule has 11 nitrogen and oxygen atoms in total. The maximum Gasteiger partial charge on any atom is 0.283 e. The van der Waals surface area contributed by atoms with Crippen LogP contribution >= 0.6 is 23.1 Å². The summed E-state index contributed by atoms with van der Waals surface area (Å²) >= 11 is 2.30. The van der Waals surface area contributed by atoms with Gasteiger partial charge in [0.25, 0.3) is 17.3 Å². The molecule has 2 aromatic heterocycles. The van der Waals surface area contributed by atoms with Gasteiger partial charge in [-0.15, -0.1) is 11.3 Å². The van der Waals surface area contributed by atoms with E-state index in [-0.39, 0.29) is 11.4 Å². The summed E-state index contributed by atoms with van der Waals surface area (Å²) in [7, 11) is 0. The van der Waals surface area contributed by atoms with Crippen molar-refractivity contribution in [1.82, 2.24) is 15.4 Å². The summed E-state index contributed by atoms with van der Waals surface area (Å²) in [5, 5.41) is 26.4. The number of nitro groups is 2. The zero-order chi connectivity index (χ0) is 23.4. The van der Waals surface area contributed by atoms with E-state index in [1.165, 1.54) is 60.3 Å². The molecule has 0 atom stereocenters. The lowest BCUT2D eigenvalue weighted by Crippen LogP contribution is -2.17. The SMILES string of the molecule is O=C(N/N=C\c1ccc(Sc2nc3ccc([N+](=O)[O-])cc3s2)c([N+](=O)[O-])c1)c1ccncc1. The molecule has 33 heavy (non-hydrogen) atoms. The highest BCUT2D eigenvalue weighted by Crippen LogP contribution is 2.39. The fourth-order valence-electron chi connectivity index (χ4n) is 2.72. The second kappa shape index (κ2) is 9.50. The van der Waals surface area contributed by atoms with Gasteiger partial charge in [0.15, 0.2) is 4.34 Å². The van der Waals surface area contributed by atoms with Crippen molar-refractivity contribution in [3.05, 3.63) is 92.3 Å². The van der Waals surface area contributed by atoms with Gasteiger partial charge in [-0.3, -0.25) is 30.0 Å². The predicted octanol–water partition coefficient (Wildman–Crippen LogP) is 4.42. The highest BCUT2D eigenvalue weighted by molar-refractivity contribution is 8.01. The van der Waals surface area contributed by atoms with Crippen LogP contribution in [0.5, 0.6) is 0 Å². The Balaban J connectivity index is 1.52. The molecule has 164 valence electrons. The lowest BCUT2D eigenvalue weighted by molar-refractivity contribution is -0.387. The Labute approximate surface area is 193 Å². The largest absolute Gasteiger partial charge is 0.283 e. The van der Waals surface area contributed by atoms with Gasteiger partial charge >= 0.3 is 0 Å². The molecule has 1 N–H and O–H groups in total. The number of carbonyl (C=O) groups is 1. The first-order chi connectivity index (χ1) is 15.9. The first kappa shape index (κ1) is 22.0. The van der Waals surface area contributed by atoms with Gasteiger partial charge in [-0.1, -0.05) is 17.8 Å². The molecule has 4 aromatic rings. The number of fused-ring (bicyclic) bond motifs is 1. The number of nitro benzene ring substituents is 2. The van der Waals surface area contributed by atoms with Crippen LogP contribution in [-0.2, 0) is 0 Å². The molecule has 0 fully saturated rings. The van der Waals surface area contributed by atoms with Crippen LogP contribution in [0.25, 0.3) is 10.2 Å². The van der Waals surface area contributed by atoms with Crippen molar-refractivity contribution in [2.75, 3.05) is 0 Å². The highest BCUT2D eigenvalue weighted by Gasteiger charge is 2.18. The van der Waals surface area contributed by atoms with E-state index >= 15 is 0 Å². The monoisotopic (exact) mass is 480 g/mol. The van der Waals surface area contributed by atoms with Gasteiger partial charge in [-0.05, 0) is 24.3 Å². The number of carbonyl (C=O) groups excluding carboxylic acids is 1. The van der Waals surface area contributed by atoms with E-state index in [9.17, 15) is 25.0 Å². The van der Waals surface area contributed by atoms with Crippen molar-refractivity contribution in [2.45, 2.75) is 9.24 Å².